The van der Waals surface area contributed by atoms with E-state index in [1.165, 1.54) is 11.3 Å². The van der Waals surface area contributed by atoms with Gasteiger partial charge < -0.3 is 9.47 Å². The van der Waals surface area contributed by atoms with Gasteiger partial charge in [0.2, 0.25) is 0 Å². The number of nitrogens with zero attached hydrogens (tertiary/aromatic N) is 4. The molecule has 0 atom stereocenters. The first-order valence-corrected chi connectivity index (χ1v) is 6.94. The van der Waals surface area contributed by atoms with Crippen molar-refractivity contribution in [1.29, 1.82) is 0 Å². The van der Waals surface area contributed by atoms with E-state index in [0.717, 1.165) is 42.8 Å². The highest BCUT2D eigenvalue weighted by molar-refractivity contribution is 5.75. The maximum absolute atomic E-state index is 4.51. The summed E-state index contributed by atoms with van der Waals surface area (Å²) in [6.45, 7) is 2.86. The van der Waals surface area contributed by atoms with Crippen LogP contribution in [0.4, 0.5) is 0 Å². The number of hydrogen-bond acceptors (Lipinski definition) is 3. The van der Waals surface area contributed by atoms with Gasteiger partial charge in [-0.25, -0.2) is 4.98 Å². The molecule has 3 aromatic rings. The molecule has 102 valence electrons. The second-order valence-electron chi connectivity index (χ2n) is 5.48. The quantitative estimate of drug-likeness (QED) is 0.770. The number of imidazole rings is 1. The molecule has 0 saturated carbocycles. The zero-order valence-corrected chi connectivity index (χ0v) is 11.5. The first-order chi connectivity index (χ1) is 9.81. The number of fused-ring (bicyclic) bond motifs is 2. The molecule has 1 aliphatic rings. The fraction of sp³-hybridized carbons (Fsp3) is 0.333. The van der Waals surface area contributed by atoms with Crippen LogP contribution in [0.3, 0.4) is 0 Å². The van der Waals surface area contributed by atoms with Gasteiger partial charge in [0.15, 0.2) is 0 Å². The van der Waals surface area contributed by atoms with Crippen LogP contribution in [0.15, 0.2) is 30.6 Å². The highest BCUT2D eigenvalue weighted by Gasteiger charge is 2.20. The van der Waals surface area contributed by atoms with Crippen molar-refractivity contribution in [3.8, 4) is 0 Å². The first kappa shape index (κ1) is 11.7. The summed E-state index contributed by atoms with van der Waals surface area (Å²) in [6, 6.07) is 8.21. The third-order valence-electron chi connectivity index (χ3n) is 4.06. The van der Waals surface area contributed by atoms with Crippen molar-refractivity contribution < 1.29 is 0 Å². The molecule has 0 amide bonds. The molecule has 4 rings (SSSR count). The number of benzene rings is 1. The van der Waals surface area contributed by atoms with Crippen molar-refractivity contribution in [2.75, 3.05) is 13.6 Å². The Hall–Kier alpha value is -2.14. The molecule has 1 aromatic carbocycles. The van der Waals surface area contributed by atoms with Crippen LogP contribution >= 0.6 is 0 Å². The van der Waals surface area contributed by atoms with E-state index in [2.05, 4.69) is 37.8 Å². The molecule has 1 N–H and O–H groups in total. The second-order valence-corrected chi connectivity index (χ2v) is 5.48. The molecule has 0 spiro atoms. The summed E-state index contributed by atoms with van der Waals surface area (Å²) in [5, 5.41) is 7.71. The molecule has 0 bridgehead atoms. The lowest BCUT2D eigenvalue weighted by Crippen LogP contribution is -2.26. The molecule has 0 unspecified atom stereocenters. The molecular formula is C15H17N5. The maximum atomic E-state index is 4.51. The largest absolute Gasteiger partial charge is 0.324 e. The average Bonchev–Trinajstić information content (AvgIpc) is 3.05. The number of aromatic amines is 1. The molecule has 3 heterocycles. The third kappa shape index (κ3) is 1.82. The van der Waals surface area contributed by atoms with E-state index in [9.17, 15) is 0 Å². The Kier molecular flexibility index (Phi) is 2.60. The van der Waals surface area contributed by atoms with Crippen LogP contribution in [0.25, 0.3) is 11.0 Å². The number of para-hydroxylation sites is 2. The molecule has 0 radical (unpaired) electrons. The van der Waals surface area contributed by atoms with Crippen LogP contribution in [-0.4, -0.2) is 38.2 Å². The van der Waals surface area contributed by atoms with Gasteiger partial charge in [0.25, 0.3) is 0 Å². The zero-order chi connectivity index (χ0) is 13.5. The summed E-state index contributed by atoms with van der Waals surface area (Å²) in [6.07, 6.45) is 2.96. The number of hydrogen-bond donors (Lipinski definition) is 1. The minimum absolute atomic E-state index is 0.778. The first-order valence-electron chi connectivity index (χ1n) is 6.94. The van der Waals surface area contributed by atoms with Gasteiger partial charge in [-0.2, -0.15) is 5.10 Å². The van der Waals surface area contributed by atoms with Gasteiger partial charge in [-0.3, -0.25) is 5.10 Å². The number of H-pyrrole nitrogens is 1. The van der Waals surface area contributed by atoms with E-state index in [1.54, 1.807) is 0 Å². The summed E-state index contributed by atoms with van der Waals surface area (Å²) in [7, 11) is 2.16. The smallest absolute Gasteiger partial charge is 0.0962 e. The molecular weight excluding hydrogens is 250 g/mol. The Balaban J connectivity index is 1.71. The van der Waals surface area contributed by atoms with E-state index in [0.29, 0.717) is 0 Å². The van der Waals surface area contributed by atoms with E-state index in [1.807, 2.05) is 24.5 Å². The lowest BCUT2D eigenvalue weighted by molar-refractivity contribution is 0.310. The van der Waals surface area contributed by atoms with Crippen molar-refractivity contribution in [3.63, 3.8) is 0 Å². The Labute approximate surface area is 117 Å². The molecule has 0 saturated heterocycles. The minimum Gasteiger partial charge on any atom is -0.324 e. The predicted octanol–water partition coefficient (Wildman–Crippen LogP) is 1.80. The van der Waals surface area contributed by atoms with Crippen LogP contribution in [0.1, 0.15) is 17.0 Å². The molecule has 5 nitrogen and oxygen atoms in total. The number of aromatic nitrogens is 4. The Morgan fingerprint density at radius 2 is 2.20 bits per heavy atom. The zero-order valence-electron chi connectivity index (χ0n) is 11.5. The monoisotopic (exact) mass is 267 g/mol. The summed E-state index contributed by atoms with van der Waals surface area (Å²) < 4.78 is 2.17. The molecule has 0 aliphatic carbocycles. The van der Waals surface area contributed by atoms with E-state index in [4.69, 9.17) is 0 Å². The summed E-state index contributed by atoms with van der Waals surface area (Å²) >= 11 is 0. The summed E-state index contributed by atoms with van der Waals surface area (Å²) in [5.41, 5.74) is 5.98. The lowest BCUT2D eigenvalue weighted by Gasteiger charge is -2.22. The molecule has 20 heavy (non-hydrogen) atoms. The van der Waals surface area contributed by atoms with Crippen LogP contribution in [-0.2, 0) is 19.5 Å². The number of rotatable bonds is 2. The van der Waals surface area contributed by atoms with Gasteiger partial charge in [-0.15, -0.1) is 0 Å². The maximum Gasteiger partial charge on any atom is 0.0962 e. The van der Waals surface area contributed by atoms with E-state index in [-0.39, 0.29) is 0 Å². The SMILES string of the molecule is CN1CCc2[nH]nc(Cn3cnc4ccccc43)c2C1. The normalized spacial score (nSPS) is 15.7. The topological polar surface area (TPSA) is 49.7 Å². The van der Waals surface area contributed by atoms with Gasteiger partial charge >= 0.3 is 0 Å². The van der Waals surface area contributed by atoms with E-state index < -0.39 is 0 Å². The standard InChI is InChI=1S/C15H17N5/c1-19-7-6-12-11(8-19)14(18-17-12)9-20-10-16-13-4-2-3-5-15(13)20/h2-5,10H,6-9H2,1H3,(H,17,18). The van der Waals surface area contributed by atoms with Crippen LogP contribution in [0.5, 0.6) is 0 Å². The molecule has 1 aliphatic heterocycles. The van der Waals surface area contributed by atoms with Crippen LogP contribution < -0.4 is 0 Å². The van der Waals surface area contributed by atoms with Crippen molar-refractivity contribution in [1.82, 2.24) is 24.6 Å². The van der Waals surface area contributed by atoms with E-state index >= 15 is 0 Å². The predicted molar refractivity (Wildman–Crippen MR) is 77.5 cm³/mol. The average molecular weight is 267 g/mol. The fourth-order valence-corrected chi connectivity index (χ4v) is 2.92. The number of likely N-dealkylation sites (N-methyl/N-ethyl adjacent to an activating group) is 1. The van der Waals surface area contributed by atoms with Crippen molar-refractivity contribution in [3.05, 3.63) is 47.5 Å². The van der Waals surface area contributed by atoms with Gasteiger partial charge in [-0.1, -0.05) is 12.1 Å². The van der Waals surface area contributed by atoms with Gasteiger partial charge in [0.05, 0.1) is 29.6 Å². The Morgan fingerprint density at radius 1 is 1.30 bits per heavy atom. The molecule has 5 heteroatoms. The molecule has 2 aromatic heterocycles. The Bertz CT molecular complexity index is 755. The second kappa shape index (κ2) is 4.45. The fourth-order valence-electron chi connectivity index (χ4n) is 2.92. The lowest BCUT2D eigenvalue weighted by atomic mass is 10.1. The summed E-state index contributed by atoms with van der Waals surface area (Å²) in [5.74, 6) is 0. The highest BCUT2D eigenvalue weighted by Crippen LogP contribution is 2.21. The third-order valence-corrected chi connectivity index (χ3v) is 4.06. The van der Waals surface area contributed by atoms with Crippen molar-refractivity contribution >= 4 is 11.0 Å². The van der Waals surface area contributed by atoms with Crippen LogP contribution in [0.2, 0.25) is 0 Å². The summed E-state index contributed by atoms with van der Waals surface area (Å²) in [4.78, 5) is 6.78. The van der Waals surface area contributed by atoms with Crippen molar-refractivity contribution in [2.45, 2.75) is 19.5 Å². The highest BCUT2D eigenvalue weighted by atomic mass is 15.2. The van der Waals surface area contributed by atoms with Gasteiger partial charge in [0.1, 0.15) is 0 Å². The number of nitrogens with one attached hydrogen (secondary N) is 1. The Morgan fingerprint density at radius 3 is 3.15 bits per heavy atom. The van der Waals surface area contributed by atoms with Crippen molar-refractivity contribution in [2.24, 2.45) is 0 Å². The minimum atomic E-state index is 0.778. The van der Waals surface area contributed by atoms with Crippen LogP contribution in [0, 0.1) is 0 Å². The van der Waals surface area contributed by atoms with Gasteiger partial charge in [-0.05, 0) is 19.2 Å². The van der Waals surface area contributed by atoms with Gasteiger partial charge in [0, 0.05) is 30.8 Å². The molecule has 0 fully saturated rings.